The molecule has 0 saturated carbocycles. The van der Waals surface area contributed by atoms with Crippen molar-refractivity contribution < 1.29 is 19.0 Å². The summed E-state index contributed by atoms with van der Waals surface area (Å²) in [6.45, 7) is 4.11. The van der Waals surface area contributed by atoms with E-state index in [0.717, 1.165) is 18.5 Å². The van der Waals surface area contributed by atoms with Gasteiger partial charge in [-0.1, -0.05) is 6.42 Å². The topological polar surface area (TPSA) is 60.0 Å². The number of nitrogens with zero attached hydrogens (tertiary/aromatic N) is 1. The number of piperidine rings is 1. The number of likely N-dealkylation sites (tertiary alicyclic amines) is 1. The number of carbonyl (C=O) groups excluding carboxylic acids is 1. The number of ether oxygens (including phenoxy) is 3. The predicted octanol–water partition coefficient (Wildman–Crippen LogP) is 2.72. The molecule has 1 fully saturated rings. The summed E-state index contributed by atoms with van der Waals surface area (Å²) >= 11 is 0. The first-order valence-electron chi connectivity index (χ1n) is 9.16. The molecule has 1 amide bonds. The van der Waals surface area contributed by atoms with Crippen molar-refractivity contribution in [1.82, 2.24) is 10.2 Å². The lowest BCUT2D eigenvalue weighted by Gasteiger charge is -2.26. The molecule has 1 heterocycles. The Hall–Kier alpha value is -2.21. The first kappa shape index (κ1) is 20.1. The lowest BCUT2D eigenvalue weighted by Crippen LogP contribution is -2.33. The van der Waals surface area contributed by atoms with Crippen molar-refractivity contribution in [3.8, 4) is 17.2 Å². The molecule has 0 aliphatic carbocycles. The highest BCUT2D eigenvalue weighted by atomic mass is 16.5. The van der Waals surface area contributed by atoms with Crippen molar-refractivity contribution in [2.24, 2.45) is 0 Å². The van der Waals surface area contributed by atoms with Crippen LogP contribution in [0.5, 0.6) is 17.2 Å². The number of rotatable bonds is 9. The summed E-state index contributed by atoms with van der Waals surface area (Å²) in [6.07, 6.45) is 8.15. The van der Waals surface area contributed by atoms with Crippen LogP contribution in [0, 0.1) is 0 Å². The Morgan fingerprint density at radius 1 is 1.08 bits per heavy atom. The zero-order valence-corrected chi connectivity index (χ0v) is 16.0. The number of benzene rings is 1. The number of carbonyl (C=O) groups is 1. The maximum absolute atomic E-state index is 12.0. The first-order chi connectivity index (χ1) is 12.7. The van der Waals surface area contributed by atoms with Crippen molar-refractivity contribution in [2.75, 3.05) is 47.5 Å². The van der Waals surface area contributed by atoms with Crippen molar-refractivity contribution in [3.05, 3.63) is 23.8 Å². The molecule has 1 aromatic carbocycles. The molecule has 1 saturated heterocycles. The van der Waals surface area contributed by atoms with Crippen LogP contribution in [-0.4, -0.2) is 58.3 Å². The maximum Gasteiger partial charge on any atom is 0.244 e. The lowest BCUT2D eigenvalue weighted by atomic mass is 10.1. The molecule has 1 N–H and O–H groups in total. The number of amides is 1. The zero-order chi connectivity index (χ0) is 18.8. The van der Waals surface area contributed by atoms with Gasteiger partial charge >= 0.3 is 0 Å². The van der Waals surface area contributed by atoms with E-state index >= 15 is 0 Å². The van der Waals surface area contributed by atoms with Gasteiger partial charge in [-0.05, 0) is 57.1 Å². The van der Waals surface area contributed by atoms with E-state index in [1.165, 1.54) is 38.4 Å². The summed E-state index contributed by atoms with van der Waals surface area (Å²) in [5.74, 6) is 1.53. The molecule has 26 heavy (non-hydrogen) atoms. The number of hydrogen-bond acceptors (Lipinski definition) is 5. The van der Waals surface area contributed by atoms with Gasteiger partial charge < -0.3 is 24.4 Å². The molecule has 2 rings (SSSR count). The van der Waals surface area contributed by atoms with Crippen LogP contribution in [0.15, 0.2) is 18.2 Å². The van der Waals surface area contributed by atoms with Gasteiger partial charge in [-0.15, -0.1) is 0 Å². The summed E-state index contributed by atoms with van der Waals surface area (Å²) in [6, 6.07) is 3.62. The van der Waals surface area contributed by atoms with Crippen molar-refractivity contribution in [3.63, 3.8) is 0 Å². The minimum absolute atomic E-state index is 0.111. The summed E-state index contributed by atoms with van der Waals surface area (Å²) in [7, 11) is 4.70. The average Bonchev–Trinajstić information content (AvgIpc) is 2.69. The highest BCUT2D eigenvalue weighted by Crippen LogP contribution is 2.40. The smallest absolute Gasteiger partial charge is 0.244 e. The Labute approximate surface area is 156 Å². The summed E-state index contributed by atoms with van der Waals surface area (Å²) < 4.78 is 16.0. The predicted molar refractivity (Wildman–Crippen MR) is 103 cm³/mol. The Bertz CT molecular complexity index is 610. The molecule has 1 aromatic rings. The minimum Gasteiger partial charge on any atom is -0.493 e. The zero-order valence-electron chi connectivity index (χ0n) is 16.0. The van der Waals surface area contributed by atoms with Crippen molar-refractivity contribution in [2.45, 2.75) is 25.7 Å². The molecule has 0 unspecified atom stereocenters. The second kappa shape index (κ2) is 10.7. The van der Waals surface area contributed by atoms with Gasteiger partial charge in [-0.2, -0.15) is 0 Å². The average molecular weight is 362 g/mol. The van der Waals surface area contributed by atoms with Crippen LogP contribution in [0.1, 0.15) is 31.2 Å². The van der Waals surface area contributed by atoms with Gasteiger partial charge in [0.25, 0.3) is 0 Å². The van der Waals surface area contributed by atoms with Crippen LogP contribution in [0.25, 0.3) is 6.08 Å². The Balaban J connectivity index is 1.85. The SMILES string of the molecule is COc1ccc(/C=C/C(=O)NCCCN2CCCCC2)c(OC)c1OC. The molecule has 1 aliphatic rings. The summed E-state index contributed by atoms with van der Waals surface area (Å²) in [5.41, 5.74) is 0.758. The van der Waals surface area contributed by atoms with E-state index in [1.807, 2.05) is 6.07 Å². The van der Waals surface area contributed by atoms with Gasteiger partial charge in [-0.3, -0.25) is 4.79 Å². The molecule has 0 atom stereocenters. The van der Waals surface area contributed by atoms with Gasteiger partial charge in [0.1, 0.15) is 0 Å². The lowest BCUT2D eigenvalue weighted by molar-refractivity contribution is -0.116. The number of hydrogen-bond donors (Lipinski definition) is 1. The van der Waals surface area contributed by atoms with Gasteiger partial charge in [0.2, 0.25) is 11.7 Å². The molecule has 0 spiro atoms. The Morgan fingerprint density at radius 2 is 1.81 bits per heavy atom. The van der Waals surface area contributed by atoms with E-state index in [9.17, 15) is 4.79 Å². The standard InChI is InChI=1S/C20H30N2O4/c1-24-17-10-8-16(19(25-2)20(17)26-3)9-11-18(23)21-12-7-15-22-13-5-4-6-14-22/h8-11H,4-7,12-15H2,1-3H3,(H,21,23)/b11-9+. The van der Waals surface area contributed by atoms with E-state index in [4.69, 9.17) is 14.2 Å². The van der Waals surface area contributed by atoms with E-state index in [2.05, 4.69) is 10.2 Å². The molecule has 0 bridgehead atoms. The van der Waals surface area contributed by atoms with Crippen molar-refractivity contribution >= 4 is 12.0 Å². The van der Waals surface area contributed by atoms with E-state index < -0.39 is 0 Å². The molecule has 6 nitrogen and oxygen atoms in total. The van der Waals surface area contributed by atoms with Gasteiger partial charge in [0.15, 0.2) is 11.5 Å². The molecule has 0 radical (unpaired) electrons. The highest BCUT2D eigenvalue weighted by molar-refractivity contribution is 5.92. The molecular formula is C20H30N2O4. The van der Waals surface area contributed by atoms with E-state index in [1.54, 1.807) is 33.5 Å². The normalized spacial score (nSPS) is 15.0. The van der Waals surface area contributed by atoms with Crippen LogP contribution in [0.3, 0.4) is 0 Å². The minimum atomic E-state index is -0.111. The molecule has 144 valence electrons. The Morgan fingerprint density at radius 3 is 2.46 bits per heavy atom. The summed E-state index contributed by atoms with van der Waals surface area (Å²) in [4.78, 5) is 14.5. The second-order valence-electron chi connectivity index (χ2n) is 6.30. The van der Waals surface area contributed by atoms with E-state index in [-0.39, 0.29) is 5.91 Å². The van der Waals surface area contributed by atoms with Crippen LogP contribution in [0.4, 0.5) is 0 Å². The van der Waals surface area contributed by atoms with Gasteiger partial charge in [-0.25, -0.2) is 0 Å². The fraction of sp³-hybridized carbons (Fsp3) is 0.550. The molecule has 6 heteroatoms. The van der Waals surface area contributed by atoms with E-state index in [0.29, 0.717) is 23.8 Å². The third-order valence-corrected chi connectivity index (χ3v) is 4.55. The number of nitrogens with one attached hydrogen (secondary N) is 1. The van der Waals surface area contributed by atoms with Crippen LogP contribution in [-0.2, 0) is 4.79 Å². The molecule has 1 aliphatic heterocycles. The van der Waals surface area contributed by atoms with Crippen LogP contribution >= 0.6 is 0 Å². The maximum atomic E-state index is 12.0. The number of methoxy groups -OCH3 is 3. The van der Waals surface area contributed by atoms with Crippen molar-refractivity contribution in [1.29, 1.82) is 0 Å². The van der Waals surface area contributed by atoms with Gasteiger partial charge in [0, 0.05) is 18.2 Å². The third-order valence-electron chi connectivity index (χ3n) is 4.55. The first-order valence-corrected chi connectivity index (χ1v) is 9.16. The summed E-state index contributed by atoms with van der Waals surface area (Å²) in [5, 5.41) is 2.93. The molecular weight excluding hydrogens is 332 g/mol. The van der Waals surface area contributed by atoms with Crippen LogP contribution in [0.2, 0.25) is 0 Å². The third kappa shape index (κ3) is 5.66. The Kier molecular flexibility index (Phi) is 8.28. The van der Waals surface area contributed by atoms with Crippen LogP contribution < -0.4 is 19.5 Å². The second-order valence-corrected chi connectivity index (χ2v) is 6.30. The quantitative estimate of drug-likeness (QED) is 0.541. The van der Waals surface area contributed by atoms with Gasteiger partial charge in [0.05, 0.1) is 21.3 Å². The molecule has 0 aromatic heterocycles. The fourth-order valence-corrected chi connectivity index (χ4v) is 3.18. The largest absolute Gasteiger partial charge is 0.493 e. The fourth-order valence-electron chi connectivity index (χ4n) is 3.18. The highest BCUT2D eigenvalue weighted by Gasteiger charge is 2.14. The monoisotopic (exact) mass is 362 g/mol.